The fraction of sp³-hybridized carbons (Fsp3) is 0.400. The van der Waals surface area contributed by atoms with E-state index in [0.29, 0.717) is 37.4 Å². The summed E-state index contributed by atoms with van der Waals surface area (Å²) in [4.78, 5) is 1.90. The fourth-order valence-corrected chi connectivity index (χ4v) is 3.18. The van der Waals surface area contributed by atoms with E-state index in [1.54, 1.807) is 12.1 Å². The highest BCUT2D eigenvalue weighted by Gasteiger charge is 2.14. The van der Waals surface area contributed by atoms with Gasteiger partial charge in [0.1, 0.15) is 0 Å². The average Bonchev–Trinajstić information content (AvgIpc) is 2.67. The Morgan fingerprint density at radius 1 is 0.893 bits per heavy atom. The fourth-order valence-electron chi connectivity index (χ4n) is 3.18. The van der Waals surface area contributed by atoms with E-state index in [2.05, 4.69) is 5.32 Å². The third kappa shape index (κ3) is 5.74. The van der Waals surface area contributed by atoms with Crippen LogP contribution in [0.2, 0.25) is 0 Å². The molecule has 0 radical (unpaired) electrons. The van der Waals surface area contributed by atoms with Crippen LogP contribution in [0.5, 0.6) is 0 Å². The van der Waals surface area contributed by atoms with E-state index >= 15 is 0 Å². The molecule has 0 atom stereocenters. The SMILES string of the molecule is Nc1ccc(N)c(CNc2ccccc2N(CCO)CCO)c1CCC(O)O. The predicted molar refractivity (Wildman–Crippen MR) is 112 cm³/mol. The molecule has 0 spiro atoms. The van der Waals surface area contributed by atoms with Crippen LogP contribution >= 0.6 is 0 Å². The van der Waals surface area contributed by atoms with E-state index in [0.717, 1.165) is 22.5 Å². The predicted octanol–water partition coefficient (Wildman–Crippen LogP) is 0.497. The number of nitrogens with zero attached hydrogens (tertiary/aromatic N) is 1. The van der Waals surface area contributed by atoms with Crippen LogP contribution in [0, 0.1) is 0 Å². The van der Waals surface area contributed by atoms with E-state index in [1.165, 1.54) is 0 Å². The number of nitrogens with two attached hydrogens (primary N) is 2. The highest BCUT2D eigenvalue weighted by molar-refractivity contribution is 5.71. The van der Waals surface area contributed by atoms with E-state index in [1.807, 2.05) is 29.2 Å². The van der Waals surface area contributed by atoms with Gasteiger partial charge in [-0.15, -0.1) is 0 Å². The number of nitrogen functional groups attached to an aromatic ring is 2. The van der Waals surface area contributed by atoms with Crippen molar-refractivity contribution in [3.63, 3.8) is 0 Å². The summed E-state index contributed by atoms with van der Waals surface area (Å²) >= 11 is 0. The van der Waals surface area contributed by atoms with Crippen molar-refractivity contribution in [3.05, 3.63) is 47.5 Å². The molecule has 154 valence electrons. The van der Waals surface area contributed by atoms with Gasteiger partial charge < -0.3 is 42.1 Å². The van der Waals surface area contributed by atoms with Crippen molar-refractivity contribution in [1.82, 2.24) is 0 Å². The molecule has 0 fully saturated rings. The third-order valence-corrected chi connectivity index (χ3v) is 4.60. The van der Waals surface area contributed by atoms with Crippen molar-refractivity contribution in [3.8, 4) is 0 Å². The number of anilines is 4. The summed E-state index contributed by atoms with van der Waals surface area (Å²) in [6.45, 7) is 1.16. The minimum Gasteiger partial charge on any atom is -0.398 e. The summed E-state index contributed by atoms with van der Waals surface area (Å²) < 4.78 is 0. The maximum absolute atomic E-state index is 9.32. The van der Waals surface area contributed by atoms with Crippen LogP contribution in [0.3, 0.4) is 0 Å². The van der Waals surface area contributed by atoms with Gasteiger partial charge in [-0.3, -0.25) is 0 Å². The maximum atomic E-state index is 9.32. The topological polar surface area (TPSA) is 148 Å². The summed E-state index contributed by atoms with van der Waals surface area (Å²) in [5.74, 6) is 0. The number of para-hydroxylation sites is 2. The molecule has 0 aromatic heterocycles. The van der Waals surface area contributed by atoms with Crippen molar-refractivity contribution in [2.75, 3.05) is 48.0 Å². The first-order chi connectivity index (χ1) is 13.5. The maximum Gasteiger partial charge on any atom is 0.151 e. The molecule has 2 aromatic carbocycles. The van der Waals surface area contributed by atoms with Gasteiger partial charge in [0.25, 0.3) is 0 Å². The Balaban J connectivity index is 2.26. The number of rotatable bonds is 11. The number of hydrogen-bond acceptors (Lipinski definition) is 8. The van der Waals surface area contributed by atoms with E-state index in [-0.39, 0.29) is 19.6 Å². The van der Waals surface area contributed by atoms with Crippen molar-refractivity contribution in [2.45, 2.75) is 25.7 Å². The van der Waals surface area contributed by atoms with Crippen molar-refractivity contribution in [1.29, 1.82) is 0 Å². The van der Waals surface area contributed by atoms with Crippen LogP contribution in [-0.2, 0) is 13.0 Å². The van der Waals surface area contributed by atoms with Gasteiger partial charge in [-0.1, -0.05) is 12.1 Å². The largest absolute Gasteiger partial charge is 0.398 e. The summed E-state index contributed by atoms with van der Waals surface area (Å²) in [6, 6.07) is 11.1. The molecule has 0 saturated carbocycles. The number of nitrogens with one attached hydrogen (secondary N) is 1. The molecule has 2 rings (SSSR count). The zero-order valence-electron chi connectivity index (χ0n) is 15.9. The van der Waals surface area contributed by atoms with E-state index in [4.69, 9.17) is 11.5 Å². The Morgan fingerprint density at radius 2 is 1.50 bits per heavy atom. The molecule has 28 heavy (non-hydrogen) atoms. The molecule has 8 heteroatoms. The van der Waals surface area contributed by atoms with Crippen LogP contribution < -0.4 is 21.7 Å². The van der Waals surface area contributed by atoms with Crippen LogP contribution in [0.15, 0.2) is 36.4 Å². The lowest BCUT2D eigenvalue weighted by Crippen LogP contribution is -2.30. The van der Waals surface area contributed by atoms with Crippen LogP contribution in [0.25, 0.3) is 0 Å². The highest BCUT2D eigenvalue weighted by Crippen LogP contribution is 2.29. The molecule has 0 amide bonds. The van der Waals surface area contributed by atoms with E-state index in [9.17, 15) is 20.4 Å². The monoisotopic (exact) mass is 390 g/mol. The molecule has 0 bridgehead atoms. The quantitative estimate of drug-likeness (QED) is 0.217. The standard InChI is InChI=1S/C20H30N4O4/c21-16-6-7-17(22)15(14(16)5-8-20(27)28)13-23-18-3-1-2-4-19(18)24(9-11-25)10-12-26/h1-4,6-7,20,23,25-28H,5,8-13,21-22H2. The van der Waals surface area contributed by atoms with Crippen molar-refractivity contribution in [2.24, 2.45) is 0 Å². The van der Waals surface area contributed by atoms with Gasteiger partial charge in [0.2, 0.25) is 0 Å². The average molecular weight is 390 g/mol. The lowest BCUT2D eigenvalue weighted by atomic mass is 9.98. The molecule has 0 saturated heterocycles. The second kappa shape index (κ2) is 10.7. The van der Waals surface area contributed by atoms with Crippen molar-refractivity contribution >= 4 is 22.7 Å². The molecule has 8 nitrogen and oxygen atoms in total. The molecule has 0 heterocycles. The Bertz CT molecular complexity index is 749. The van der Waals surface area contributed by atoms with Gasteiger partial charge in [0, 0.05) is 37.4 Å². The number of benzene rings is 2. The zero-order chi connectivity index (χ0) is 20.5. The lowest BCUT2D eigenvalue weighted by molar-refractivity contribution is -0.0446. The molecular formula is C20H30N4O4. The second-order valence-electron chi connectivity index (χ2n) is 6.53. The van der Waals surface area contributed by atoms with Gasteiger partial charge in [0.15, 0.2) is 6.29 Å². The van der Waals surface area contributed by atoms with Crippen LogP contribution in [-0.4, -0.2) is 53.0 Å². The second-order valence-corrected chi connectivity index (χ2v) is 6.53. The Hall–Kier alpha value is -2.52. The summed E-state index contributed by atoms with van der Waals surface area (Å²) in [5, 5.41) is 40.4. The lowest BCUT2D eigenvalue weighted by Gasteiger charge is -2.26. The summed E-state index contributed by atoms with van der Waals surface area (Å²) in [7, 11) is 0. The minimum absolute atomic E-state index is 0.0237. The minimum atomic E-state index is -1.41. The molecule has 0 unspecified atom stereocenters. The van der Waals surface area contributed by atoms with Gasteiger partial charge >= 0.3 is 0 Å². The zero-order valence-corrected chi connectivity index (χ0v) is 15.9. The number of hydrogen-bond donors (Lipinski definition) is 7. The van der Waals surface area contributed by atoms with Crippen LogP contribution in [0.1, 0.15) is 17.5 Å². The van der Waals surface area contributed by atoms with Crippen molar-refractivity contribution < 1.29 is 20.4 Å². The number of aliphatic hydroxyl groups excluding tert-OH is 3. The summed E-state index contributed by atoms with van der Waals surface area (Å²) in [6.07, 6.45) is -0.847. The first kappa shape index (κ1) is 21.8. The van der Waals surface area contributed by atoms with Gasteiger partial charge in [-0.05, 0) is 41.8 Å². The Morgan fingerprint density at radius 3 is 2.11 bits per heavy atom. The van der Waals surface area contributed by atoms with E-state index < -0.39 is 6.29 Å². The molecule has 0 aliphatic heterocycles. The Kier molecular flexibility index (Phi) is 8.34. The van der Waals surface area contributed by atoms with Crippen LogP contribution in [0.4, 0.5) is 22.7 Å². The smallest absolute Gasteiger partial charge is 0.151 e. The molecular weight excluding hydrogens is 360 g/mol. The first-order valence-electron chi connectivity index (χ1n) is 9.29. The third-order valence-electron chi connectivity index (χ3n) is 4.60. The molecule has 2 aromatic rings. The first-order valence-corrected chi connectivity index (χ1v) is 9.29. The molecule has 0 aliphatic rings. The van der Waals surface area contributed by atoms with Gasteiger partial charge in [0.05, 0.1) is 24.6 Å². The Labute approximate surface area is 165 Å². The summed E-state index contributed by atoms with van der Waals surface area (Å²) in [5.41, 5.74) is 16.7. The molecule has 9 N–H and O–H groups in total. The molecule has 0 aliphatic carbocycles. The highest BCUT2D eigenvalue weighted by atomic mass is 16.5. The van der Waals surface area contributed by atoms with Gasteiger partial charge in [-0.25, -0.2) is 0 Å². The normalized spacial score (nSPS) is 11.0. The number of aliphatic hydroxyl groups is 4. The van der Waals surface area contributed by atoms with Gasteiger partial charge in [-0.2, -0.15) is 0 Å².